The highest BCUT2D eigenvalue weighted by Gasteiger charge is 2.26. The third-order valence-corrected chi connectivity index (χ3v) is 5.68. The average molecular weight is 393 g/mol. The minimum atomic E-state index is 0.184. The van der Waals surface area contributed by atoms with Crippen LogP contribution in [0, 0.1) is 0 Å². The Morgan fingerprint density at radius 3 is 2.61 bits per heavy atom. The van der Waals surface area contributed by atoms with Crippen LogP contribution < -0.4 is 5.32 Å². The van der Waals surface area contributed by atoms with Crippen molar-refractivity contribution >= 4 is 33.2 Å². The van der Waals surface area contributed by atoms with Crippen molar-refractivity contribution in [2.24, 2.45) is 0 Å². The van der Waals surface area contributed by atoms with Crippen molar-refractivity contribution in [2.45, 2.75) is 25.3 Å². The molecule has 1 saturated heterocycles. The largest absolute Gasteiger partial charge is 0.335 e. The van der Waals surface area contributed by atoms with Gasteiger partial charge in [0.15, 0.2) is 0 Å². The second kappa shape index (κ2) is 8.08. The normalized spacial score (nSPS) is 15.5. The van der Waals surface area contributed by atoms with Gasteiger partial charge in [0.05, 0.1) is 4.88 Å². The molecule has 1 fully saturated rings. The van der Waals surface area contributed by atoms with Gasteiger partial charge in [-0.2, -0.15) is 0 Å². The third kappa shape index (κ3) is 4.43. The number of nitrogens with zero attached hydrogens (tertiary/aromatic N) is 1. The van der Waals surface area contributed by atoms with Crippen molar-refractivity contribution < 1.29 is 4.79 Å². The Hall–Kier alpha value is -1.17. The van der Waals surface area contributed by atoms with Gasteiger partial charge in [-0.1, -0.05) is 34.1 Å². The lowest BCUT2D eigenvalue weighted by Gasteiger charge is -2.34. The highest BCUT2D eigenvalue weighted by atomic mass is 79.9. The number of hydrogen-bond donors (Lipinski definition) is 1. The maximum absolute atomic E-state index is 12.9. The Balaban J connectivity index is 1.71. The SMILES string of the molecule is O=C(c1cccs1)N(CCc1ccc(Br)cc1)C1CCNCC1. The summed E-state index contributed by atoms with van der Waals surface area (Å²) in [6.07, 6.45) is 2.98. The standard InChI is InChI=1S/C18H21BrN2OS/c19-15-5-3-14(4-6-15)9-12-21(16-7-10-20-11-8-16)18(22)17-2-1-13-23-17/h1-6,13,16,20H,7-12H2. The van der Waals surface area contributed by atoms with Gasteiger partial charge >= 0.3 is 0 Å². The fraction of sp³-hybridized carbons (Fsp3) is 0.389. The Kier molecular flexibility index (Phi) is 5.86. The summed E-state index contributed by atoms with van der Waals surface area (Å²) in [4.78, 5) is 15.8. The number of hydrogen-bond acceptors (Lipinski definition) is 3. The molecule has 1 aliphatic heterocycles. The molecule has 1 N–H and O–H groups in total. The number of amides is 1. The molecule has 122 valence electrons. The van der Waals surface area contributed by atoms with Crippen molar-refractivity contribution in [3.05, 3.63) is 56.7 Å². The monoisotopic (exact) mass is 392 g/mol. The first-order valence-electron chi connectivity index (χ1n) is 8.03. The zero-order chi connectivity index (χ0) is 16.1. The van der Waals surface area contributed by atoms with E-state index in [2.05, 4.69) is 50.4 Å². The van der Waals surface area contributed by atoms with Crippen LogP contribution in [0.4, 0.5) is 0 Å². The maximum Gasteiger partial charge on any atom is 0.264 e. The first-order chi connectivity index (χ1) is 11.2. The van der Waals surface area contributed by atoms with Crippen LogP contribution >= 0.6 is 27.3 Å². The molecule has 0 radical (unpaired) electrons. The third-order valence-electron chi connectivity index (χ3n) is 4.30. The summed E-state index contributed by atoms with van der Waals surface area (Å²) >= 11 is 5.00. The van der Waals surface area contributed by atoms with E-state index in [1.807, 2.05) is 17.5 Å². The van der Waals surface area contributed by atoms with E-state index in [4.69, 9.17) is 0 Å². The van der Waals surface area contributed by atoms with Crippen LogP contribution in [0.2, 0.25) is 0 Å². The van der Waals surface area contributed by atoms with Gasteiger partial charge in [0, 0.05) is 17.1 Å². The van der Waals surface area contributed by atoms with Gasteiger partial charge in [0.25, 0.3) is 5.91 Å². The molecule has 23 heavy (non-hydrogen) atoms. The summed E-state index contributed by atoms with van der Waals surface area (Å²) < 4.78 is 1.09. The van der Waals surface area contributed by atoms with Gasteiger partial charge in [-0.25, -0.2) is 0 Å². The fourth-order valence-electron chi connectivity index (χ4n) is 3.01. The molecule has 0 saturated carbocycles. The molecular formula is C18H21BrN2OS. The molecule has 0 spiro atoms. The van der Waals surface area contributed by atoms with E-state index in [9.17, 15) is 4.79 Å². The van der Waals surface area contributed by atoms with Crippen LogP contribution in [0.25, 0.3) is 0 Å². The number of thiophene rings is 1. The van der Waals surface area contributed by atoms with E-state index in [0.29, 0.717) is 6.04 Å². The zero-order valence-corrected chi connectivity index (χ0v) is 15.4. The predicted octanol–water partition coefficient (Wildman–Crippen LogP) is 3.95. The number of halogens is 1. The topological polar surface area (TPSA) is 32.3 Å². The van der Waals surface area contributed by atoms with Gasteiger partial charge < -0.3 is 10.2 Å². The molecule has 1 amide bonds. The summed E-state index contributed by atoms with van der Waals surface area (Å²) in [7, 11) is 0. The molecule has 0 atom stereocenters. The molecule has 3 nitrogen and oxygen atoms in total. The van der Waals surface area contributed by atoms with Gasteiger partial charge in [-0.15, -0.1) is 11.3 Å². The van der Waals surface area contributed by atoms with Crippen molar-refractivity contribution in [3.8, 4) is 0 Å². The molecule has 3 rings (SSSR count). The molecular weight excluding hydrogens is 372 g/mol. The second-order valence-corrected chi connectivity index (χ2v) is 7.70. The summed E-state index contributed by atoms with van der Waals surface area (Å²) in [5.41, 5.74) is 1.27. The molecule has 0 aliphatic carbocycles. The maximum atomic E-state index is 12.9. The van der Waals surface area contributed by atoms with Crippen molar-refractivity contribution in [3.63, 3.8) is 0 Å². The van der Waals surface area contributed by atoms with Gasteiger partial charge in [-0.05, 0) is 61.5 Å². The molecule has 1 aliphatic rings. The summed E-state index contributed by atoms with van der Waals surface area (Å²) in [5.74, 6) is 0.184. The van der Waals surface area contributed by atoms with Crippen molar-refractivity contribution in [2.75, 3.05) is 19.6 Å². The molecule has 0 bridgehead atoms. The highest BCUT2D eigenvalue weighted by Crippen LogP contribution is 2.20. The van der Waals surface area contributed by atoms with Gasteiger partial charge in [0.2, 0.25) is 0 Å². The quantitative estimate of drug-likeness (QED) is 0.835. The summed E-state index contributed by atoms with van der Waals surface area (Å²) in [5, 5.41) is 5.36. The number of rotatable bonds is 5. The lowest BCUT2D eigenvalue weighted by molar-refractivity contribution is 0.0650. The van der Waals surface area contributed by atoms with Crippen LogP contribution in [-0.4, -0.2) is 36.5 Å². The number of carbonyl (C=O) groups is 1. The lowest BCUT2D eigenvalue weighted by Crippen LogP contribution is -2.46. The van der Waals surface area contributed by atoms with E-state index in [0.717, 1.165) is 48.2 Å². The molecule has 2 aromatic rings. The number of nitrogens with one attached hydrogen (secondary N) is 1. The smallest absolute Gasteiger partial charge is 0.264 e. The molecule has 5 heteroatoms. The highest BCUT2D eigenvalue weighted by molar-refractivity contribution is 9.10. The van der Waals surface area contributed by atoms with E-state index in [1.165, 1.54) is 16.9 Å². The van der Waals surface area contributed by atoms with Crippen molar-refractivity contribution in [1.29, 1.82) is 0 Å². The summed E-state index contributed by atoms with van der Waals surface area (Å²) in [6, 6.07) is 12.6. The van der Waals surface area contributed by atoms with Crippen LogP contribution in [0.15, 0.2) is 46.3 Å². The number of carbonyl (C=O) groups excluding carboxylic acids is 1. The molecule has 0 unspecified atom stereocenters. The van der Waals surface area contributed by atoms with E-state index in [-0.39, 0.29) is 5.91 Å². The van der Waals surface area contributed by atoms with Crippen LogP contribution in [0.1, 0.15) is 28.1 Å². The summed E-state index contributed by atoms with van der Waals surface area (Å²) in [6.45, 7) is 2.78. The van der Waals surface area contributed by atoms with Crippen LogP contribution in [-0.2, 0) is 6.42 Å². The first-order valence-corrected chi connectivity index (χ1v) is 9.71. The Labute approximate surface area is 149 Å². The first kappa shape index (κ1) is 16.7. The molecule has 1 aromatic heterocycles. The Bertz CT molecular complexity index is 621. The van der Waals surface area contributed by atoms with Crippen molar-refractivity contribution in [1.82, 2.24) is 10.2 Å². The molecule has 2 heterocycles. The minimum Gasteiger partial charge on any atom is -0.335 e. The van der Waals surface area contributed by atoms with E-state index in [1.54, 1.807) is 0 Å². The van der Waals surface area contributed by atoms with Crippen LogP contribution in [0.3, 0.4) is 0 Å². The Morgan fingerprint density at radius 2 is 1.96 bits per heavy atom. The lowest BCUT2D eigenvalue weighted by atomic mass is 10.0. The van der Waals surface area contributed by atoms with E-state index < -0.39 is 0 Å². The number of piperidine rings is 1. The van der Waals surface area contributed by atoms with E-state index >= 15 is 0 Å². The van der Waals surface area contributed by atoms with Gasteiger partial charge in [0.1, 0.15) is 0 Å². The average Bonchev–Trinajstić information content (AvgIpc) is 3.12. The van der Waals surface area contributed by atoms with Gasteiger partial charge in [-0.3, -0.25) is 4.79 Å². The molecule has 1 aromatic carbocycles. The minimum absolute atomic E-state index is 0.184. The zero-order valence-electron chi connectivity index (χ0n) is 13.0. The predicted molar refractivity (Wildman–Crippen MR) is 99.1 cm³/mol. The fourth-order valence-corrected chi connectivity index (χ4v) is 3.95. The number of benzene rings is 1. The second-order valence-electron chi connectivity index (χ2n) is 5.83. The Morgan fingerprint density at radius 1 is 1.22 bits per heavy atom. The van der Waals surface area contributed by atoms with Crippen LogP contribution in [0.5, 0.6) is 0 Å².